The van der Waals surface area contributed by atoms with Gasteiger partial charge >= 0.3 is 0 Å². The van der Waals surface area contributed by atoms with E-state index in [9.17, 15) is 0 Å². The molecule has 94 valence electrons. The Kier molecular flexibility index (Phi) is 4.16. The van der Waals surface area contributed by atoms with Gasteiger partial charge in [-0.25, -0.2) is 0 Å². The van der Waals surface area contributed by atoms with Crippen LogP contribution in [0.15, 0.2) is 24.3 Å². The molecule has 0 aliphatic rings. The molecule has 0 aromatic heterocycles. The molecule has 3 nitrogen and oxygen atoms in total. The molecule has 0 fully saturated rings. The van der Waals surface area contributed by atoms with Crippen molar-refractivity contribution >= 4 is 11.5 Å². The highest BCUT2D eigenvalue weighted by atomic mass is 15.1. The highest BCUT2D eigenvalue weighted by Crippen LogP contribution is 2.21. The van der Waals surface area contributed by atoms with E-state index in [1.54, 1.807) is 0 Å². The van der Waals surface area contributed by atoms with Crippen molar-refractivity contribution < 1.29 is 0 Å². The van der Waals surface area contributed by atoms with E-state index in [4.69, 9.17) is 11.1 Å². The SMILES string of the molecule is CN(CCC(C)(C)C)c1cccc(C(=N)N)c1. The molecule has 17 heavy (non-hydrogen) atoms. The van der Waals surface area contributed by atoms with Gasteiger partial charge < -0.3 is 10.6 Å². The molecule has 0 aliphatic carbocycles. The van der Waals surface area contributed by atoms with Crippen LogP contribution in [0.5, 0.6) is 0 Å². The van der Waals surface area contributed by atoms with Crippen molar-refractivity contribution in [3.8, 4) is 0 Å². The van der Waals surface area contributed by atoms with Crippen molar-refractivity contribution in [2.45, 2.75) is 27.2 Å². The fraction of sp³-hybridized carbons (Fsp3) is 0.500. The smallest absolute Gasteiger partial charge is 0.122 e. The molecule has 0 aliphatic heterocycles. The van der Waals surface area contributed by atoms with Crippen LogP contribution in [0.25, 0.3) is 0 Å². The van der Waals surface area contributed by atoms with Gasteiger partial charge in [0.1, 0.15) is 5.84 Å². The average molecular weight is 233 g/mol. The molecule has 3 N–H and O–H groups in total. The van der Waals surface area contributed by atoms with Crippen LogP contribution in [0.4, 0.5) is 5.69 Å². The zero-order valence-corrected chi connectivity index (χ0v) is 11.2. The van der Waals surface area contributed by atoms with Crippen molar-refractivity contribution in [3.63, 3.8) is 0 Å². The van der Waals surface area contributed by atoms with Gasteiger partial charge in [-0.1, -0.05) is 32.9 Å². The largest absolute Gasteiger partial charge is 0.384 e. The quantitative estimate of drug-likeness (QED) is 0.620. The minimum Gasteiger partial charge on any atom is -0.384 e. The van der Waals surface area contributed by atoms with E-state index in [-0.39, 0.29) is 5.84 Å². The first kappa shape index (κ1) is 13.6. The number of hydrogen-bond acceptors (Lipinski definition) is 2. The minimum absolute atomic E-state index is 0.121. The van der Waals surface area contributed by atoms with Gasteiger partial charge in [-0.3, -0.25) is 5.41 Å². The Labute approximate surface area is 104 Å². The maximum atomic E-state index is 7.43. The highest BCUT2D eigenvalue weighted by Gasteiger charge is 2.12. The van der Waals surface area contributed by atoms with Crippen LogP contribution < -0.4 is 10.6 Å². The van der Waals surface area contributed by atoms with Crippen LogP contribution in [0, 0.1) is 10.8 Å². The molecule has 0 atom stereocenters. The number of benzene rings is 1. The Morgan fingerprint density at radius 2 is 2.00 bits per heavy atom. The van der Waals surface area contributed by atoms with E-state index in [1.807, 2.05) is 18.2 Å². The van der Waals surface area contributed by atoms with Gasteiger partial charge in [0.25, 0.3) is 0 Å². The summed E-state index contributed by atoms with van der Waals surface area (Å²) in [6.45, 7) is 7.73. The molecule has 1 aromatic rings. The van der Waals surface area contributed by atoms with Crippen LogP contribution in [0.2, 0.25) is 0 Å². The van der Waals surface area contributed by atoms with Crippen molar-refractivity contribution in [2.75, 3.05) is 18.5 Å². The normalized spacial score (nSPS) is 11.3. The molecule has 0 spiro atoms. The highest BCUT2D eigenvalue weighted by molar-refractivity contribution is 5.95. The number of amidine groups is 1. The molecule has 0 saturated carbocycles. The van der Waals surface area contributed by atoms with Gasteiger partial charge in [-0.15, -0.1) is 0 Å². The standard InChI is InChI=1S/C14H23N3/c1-14(2,3)8-9-17(4)12-7-5-6-11(10-12)13(15)16/h5-7,10H,8-9H2,1-4H3,(H3,15,16). The molecular formula is C14H23N3. The van der Waals surface area contributed by atoms with Crippen molar-refractivity contribution in [1.82, 2.24) is 0 Å². The van der Waals surface area contributed by atoms with Crippen LogP contribution >= 0.6 is 0 Å². The van der Waals surface area contributed by atoms with E-state index in [0.29, 0.717) is 5.41 Å². The monoisotopic (exact) mass is 233 g/mol. The second-order valence-electron chi connectivity index (χ2n) is 5.70. The zero-order valence-electron chi connectivity index (χ0n) is 11.2. The summed E-state index contributed by atoms with van der Waals surface area (Å²) >= 11 is 0. The number of nitrogens with zero attached hydrogens (tertiary/aromatic N) is 1. The molecule has 0 unspecified atom stereocenters. The maximum Gasteiger partial charge on any atom is 0.122 e. The fourth-order valence-corrected chi connectivity index (χ4v) is 1.54. The van der Waals surface area contributed by atoms with E-state index < -0.39 is 0 Å². The topological polar surface area (TPSA) is 53.1 Å². The van der Waals surface area contributed by atoms with Gasteiger partial charge in [-0.05, 0) is 24.0 Å². The van der Waals surface area contributed by atoms with Gasteiger partial charge in [-0.2, -0.15) is 0 Å². The lowest BCUT2D eigenvalue weighted by Gasteiger charge is -2.25. The first-order chi connectivity index (χ1) is 7.79. The Hall–Kier alpha value is -1.51. The summed E-state index contributed by atoms with van der Waals surface area (Å²) in [4.78, 5) is 2.21. The second kappa shape index (κ2) is 5.21. The Bertz CT molecular complexity index is 391. The third-order valence-corrected chi connectivity index (χ3v) is 2.80. The number of nitrogens with two attached hydrogens (primary N) is 1. The van der Waals surface area contributed by atoms with E-state index in [1.165, 1.54) is 0 Å². The second-order valence-corrected chi connectivity index (χ2v) is 5.70. The number of rotatable bonds is 4. The van der Waals surface area contributed by atoms with E-state index >= 15 is 0 Å². The summed E-state index contributed by atoms with van der Waals surface area (Å²) in [6, 6.07) is 7.82. The molecular weight excluding hydrogens is 210 g/mol. The van der Waals surface area contributed by atoms with Gasteiger partial charge in [0.15, 0.2) is 0 Å². The predicted octanol–water partition coefficient (Wildman–Crippen LogP) is 2.84. The number of anilines is 1. The van der Waals surface area contributed by atoms with Crippen molar-refractivity contribution in [2.24, 2.45) is 11.1 Å². The van der Waals surface area contributed by atoms with Crippen LogP contribution in [-0.2, 0) is 0 Å². The summed E-state index contributed by atoms with van der Waals surface area (Å²) in [5.41, 5.74) is 7.73. The first-order valence-corrected chi connectivity index (χ1v) is 5.95. The van der Waals surface area contributed by atoms with Crippen LogP contribution in [-0.4, -0.2) is 19.4 Å². The lowest BCUT2D eigenvalue weighted by atomic mass is 9.92. The average Bonchev–Trinajstić information content (AvgIpc) is 2.25. The van der Waals surface area contributed by atoms with E-state index in [2.05, 4.69) is 38.8 Å². The van der Waals surface area contributed by atoms with Gasteiger partial charge in [0.05, 0.1) is 0 Å². The molecule has 3 heteroatoms. The Morgan fingerprint density at radius 1 is 1.35 bits per heavy atom. The summed E-state index contributed by atoms with van der Waals surface area (Å²) in [6.07, 6.45) is 1.13. The number of hydrogen-bond donors (Lipinski definition) is 2. The first-order valence-electron chi connectivity index (χ1n) is 5.95. The van der Waals surface area contributed by atoms with Gasteiger partial charge in [0.2, 0.25) is 0 Å². The predicted molar refractivity (Wildman–Crippen MR) is 74.8 cm³/mol. The lowest BCUT2D eigenvalue weighted by Crippen LogP contribution is -2.23. The molecule has 0 saturated heterocycles. The lowest BCUT2D eigenvalue weighted by molar-refractivity contribution is 0.381. The van der Waals surface area contributed by atoms with Crippen LogP contribution in [0.1, 0.15) is 32.8 Å². The summed E-state index contributed by atoms with van der Waals surface area (Å²) in [7, 11) is 2.07. The van der Waals surface area contributed by atoms with Crippen molar-refractivity contribution in [3.05, 3.63) is 29.8 Å². The third kappa shape index (κ3) is 4.47. The van der Waals surface area contributed by atoms with Crippen LogP contribution in [0.3, 0.4) is 0 Å². The van der Waals surface area contributed by atoms with Gasteiger partial charge in [0, 0.05) is 24.8 Å². The molecule has 0 heterocycles. The van der Waals surface area contributed by atoms with E-state index in [0.717, 1.165) is 24.2 Å². The molecule has 0 bridgehead atoms. The summed E-state index contributed by atoms with van der Waals surface area (Å²) < 4.78 is 0. The molecule has 1 rings (SSSR count). The minimum atomic E-state index is 0.121. The molecule has 0 amide bonds. The fourth-order valence-electron chi connectivity index (χ4n) is 1.54. The van der Waals surface area contributed by atoms with Crippen molar-refractivity contribution in [1.29, 1.82) is 5.41 Å². The summed E-state index contributed by atoms with van der Waals surface area (Å²) in [5.74, 6) is 0.121. The Morgan fingerprint density at radius 3 is 2.53 bits per heavy atom. The third-order valence-electron chi connectivity index (χ3n) is 2.80. The zero-order chi connectivity index (χ0) is 13.1. The number of nitrogen functional groups attached to an aromatic ring is 1. The summed E-state index contributed by atoms with van der Waals surface area (Å²) in [5, 5.41) is 7.43. The maximum absolute atomic E-state index is 7.43. The number of nitrogens with one attached hydrogen (secondary N) is 1. The molecule has 0 radical (unpaired) electrons. The molecule has 1 aromatic carbocycles. The Balaban J connectivity index is 2.72.